The number of anilines is 1. The Hall–Kier alpha value is -3.06. The minimum absolute atomic E-state index is 0.00531. The molecule has 7 heteroatoms. The fourth-order valence-electron chi connectivity index (χ4n) is 2.87. The molecule has 0 bridgehead atoms. The van der Waals surface area contributed by atoms with Crippen LogP contribution in [0.15, 0.2) is 53.5 Å². The predicted molar refractivity (Wildman–Crippen MR) is 130 cm³/mol. The lowest BCUT2D eigenvalue weighted by molar-refractivity contribution is -0.118. The maximum Gasteiger partial charge on any atom is 0.226 e. The van der Waals surface area contributed by atoms with Gasteiger partial charge in [0.2, 0.25) is 5.91 Å². The Morgan fingerprint density at radius 2 is 1.78 bits per heavy atom. The summed E-state index contributed by atoms with van der Waals surface area (Å²) in [6, 6.07) is 15.1. The molecular formula is C25H36N4O3. The van der Waals surface area contributed by atoms with Crippen LogP contribution in [0.5, 0.6) is 5.75 Å². The lowest BCUT2D eigenvalue weighted by atomic mass is 10.1. The van der Waals surface area contributed by atoms with Crippen LogP contribution in [-0.2, 0) is 11.3 Å². The second-order valence-electron chi connectivity index (χ2n) is 8.17. The lowest BCUT2D eigenvalue weighted by Crippen LogP contribution is -2.39. The number of nitrogens with one attached hydrogen (secondary N) is 3. The normalized spacial score (nSPS) is 12.6. The highest BCUT2D eigenvalue weighted by Crippen LogP contribution is 2.20. The summed E-state index contributed by atoms with van der Waals surface area (Å²) in [7, 11) is 0. The summed E-state index contributed by atoms with van der Waals surface area (Å²) < 4.78 is 5.71. The zero-order chi connectivity index (χ0) is 23.5. The van der Waals surface area contributed by atoms with E-state index in [1.165, 1.54) is 0 Å². The van der Waals surface area contributed by atoms with Gasteiger partial charge in [-0.05, 0) is 56.2 Å². The van der Waals surface area contributed by atoms with Gasteiger partial charge in [-0.3, -0.25) is 4.79 Å². The third-order valence-electron chi connectivity index (χ3n) is 4.59. The number of aliphatic hydroxyl groups is 1. The molecule has 0 aliphatic carbocycles. The van der Waals surface area contributed by atoms with Crippen LogP contribution in [0.2, 0.25) is 0 Å². The van der Waals surface area contributed by atoms with Gasteiger partial charge in [0.15, 0.2) is 5.96 Å². The highest BCUT2D eigenvalue weighted by molar-refractivity contribution is 5.92. The van der Waals surface area contributed by atoms with Crippen molar-refractivity contribution >= 4 is 17.6 Å². The number of rotatable bonds is 10. The second-order valence-corrected chi connectivity index (χ2v) is 8.17. The van der Waals surface area contributed by atoms with Crippen LogP contribution >= 0.6 is 0 Å². The summed E-state index contributed by atoms with van der Waals surface area (Å²) in [6.45, 7) is 11.2. The molecule has 32 heavy (non-hydrogen) atoms. The Labute approximate surface area is 191 Å². The summed E-state index contributed by atoms with van der Waals surface area (Å²) in [4.78, 5) is 16.4. The molecule has 0 spiro atoms. The summed E-state index contributed by atoms with van der Waals surface area (Å²) in [5.74, 6) is 1.30. The van der Waals surface area contributed by atoms with Gasteiger partial charge in [-0.15, -0.1) is 0 Å². The summed E-state index contributed by atoms with van der Waals surface area (Å²) in [6.07, 6.45) is -0.619. The second kappa shape index (κ2) is 12.7. The number of benzene rings is 2. The van der Waals surface area contributed by atoms with E-state index in [0.29, 0.717) is 25.6 Å². The van der Waals surface area contributed by atoms with Gasteiger partial charge < -0.3 is 25.8 Å². The highest BCUT2D eigenvalue weighted by atomic mass is 16.5. The Balaban J connectivity index is 1.94. The fraction of sp³-hybridized carbons (Fsp3) is 0.440. The van der Waals surface area contributed by atoms with Crippen molar-refractivity contribution in [3.8, 4) is 5.75 Å². The molecule has 1 amide bonds. The minimum Gasteiger partial charge on any atom is -0.491 e. The van der Waals surface area contributed by atoms with E-state index < -0.39 is 6.10 Å². The molecule has 0 radical (unpaired) electrons. The molecule has 7 nitrogen and oxygen atoms in total. The van der Waals surface area contributed by atoms with Crippen LogP contribution in [0.1, 0.15) is 51.8 Å². The fourth-order valence-corrected chi connectivity index (χ4v) is 2.87. The molecule has 4 N–H and O–H groups in total. The van der Waals surface area contributed by atoms with Crippen LogP contribution in [0.4, 0.5) is 5.69 Å². The quantitative estimate of drug-likeness (QED) is 0.332. The van der Waals surface area contributed by atoms with Crippen molar-refractivity contribution in [2.75, 3.05) is 18.4 Å². The number of carbonyl (C=O) groups is 1. The molecule has 0 heterocycles. The number of guanidine groups is 1. The maximum atomic E-state index is 11.8. The van der Waals surface area contributed by atoms with Crippen molar-refractivity contribution in [1.82, 2.24) is 10.6 Å². The molecular weight excluding hydrogens is 404 g/mol. The zero-order valence-corrected chi connectivity index (χ0v) is 19.7. The average molecular weight is 441 g/mol. The van der Waals surface area contributed by atoms with Gasteiger partial charge in [0.1, 0.15) is 5.75 Å². The summed E-state index contributed by atoms with van der Waals surface area (Å²) in [5, 5.41) is 19.9. The number of aliphatic imine (C=N–C) groups is 1. The van der Waals surface area contributed by atoms with E-state index in [1.54, 1.807) is 0 Å². The van der Waals surface area contributed by atoms with Crippen molar-refractivity contribution in [3.63, 3.8) is 0 Å². The van der Waals surface area contributed by atoms with Crippen molar-refractivity contribution in [3.05, 3.63) is 59.7 Å². The van der Waals surface area contributed by atoms with E-state index in [1.807, 2.05) is 83.1 Å². The SMILES string of the molecule is CCNC(=NCc1ccc(NC(=O)C(C)C)cc1)NCC(O)c1cccc(OC(C)C)c1. The highest BCUT2D eigenvalue weighted by Gasteiger charge is 2.10. The van der Waals surface area contributed by atoms with Gasteiger partial charge in [0, 0.05) is 24.7 Å². The van der Waals surface area contributed by atoms with E-state index in [-0.39, 0.29) is 17.9 Å². The largest absolute Gasteiger partial charge is 0.491 e. The number of ether oxygens (including phenoxy) is 1. The molecule has 1 unspecified atom stereocenters. The van der Waals surface area contributed by atoms with Gasteiger partial charge in [-0.2, -0.15) is 0 Å². The Kier molecular flexibility index (Phi) is 10.0. The Morgan fingerprint density at radius 3 is 2.41 bits per heavy atom. The molecule has 174 valence electrons. The molecule has 0 fully saturated rings. The molecule has 0 saturated carbocycles. The van der Waals surface area contributed by atoms with Gasteiger partial charge in [-0.25, -0.2) is 4.99 Å². The first kappa shape index (κ1) is 25.2. The smallest absolute Gasteiger partial charge is 0.226 e. The van der Waals surface area contributed by atoms with E-state index in [0.717, 1.165) is 22.6 Å². The van der Waals surface area contributed by atoms with Gasteiger partial charge >= 0.3 is 0 Å². The summed E-state index contributed by atoms with van der Waals surface area (Å²) in [5.41, 5.74) is 2.57. The first-order valence-electron chi connectivity index (χ1n) is 11.1. The molecule has 0 saturated heterocycles. The van der Waals surface area contributed by atoms with Crippen molar-refractivity contribution in [1.29, 1.82) is 0 Å². The Morgan fingerprint density at radius 1 is 1.06 bits per heavy atom. The molecule has 2 rings (SSSR count). The molecule has 2 aromatic rings. The lowest BCUT2D eigenvalue weighted by Gasteiger charge is -2.17. The molecule has 0 aliphatic rings. The Bertz CT molecular complexity index is 879. The third-order valence-corrected chi connectivity index (χ3v) is 4.59. The zero-order valence-electron chi connectivity index (χ0n) is 19.7. The first-order valence-corrected chi connectivity index (χ1v) is 11.1. The number of amides is 1. The van der Waals surface area contributed by atoms with E-state index >= 15 is 0 Å². The number of hydrogen-bond acceptors (Lipinski definition) is 4. The van der Waals surface area contributed by atoms with Gasteiger partial charge in [0.25, 0.3) is 0 Å². The van der Waals surface area contributed by atoms with E-state index in [4.69, 9.17) is 4.74 Å². The van der Waals surface area contributed by atoms with Crippen molar-refractivity contribution in [2.24, 2.45) is 10.9 Å². The number of aliphatic hydroxyl groups excluding tert-OH is 1. The topological polar surface area (TPSA) is 95.0 Å². The minimum atomic E-state index is -0.696. The third kappa shape index (κ3) is 8.59. The van der Waals surface area contributed by atoms with E-state index in [9.17, 15) is 9.90 Å². The summed E-state index contributed by atoms with van der Waals surface area (Å²) >= 11 is 0. The van der Waals surface area contributed by atoms with Gasteiger partial charge in [0.05, 0.1) is 18.8 Å². The van der Waals surface area contributed by atoms with Crippen molar-refractivity contribution in [2.45, 2.75) is 53.4 Å². The maximum absolute atomic E-state index is 11.8. The average Bonchev–Trinajstić information content (AvgIpc) is 2.76. The molecule has 2 aromatic carbocycles. The standard InChI is InChI=1S/C25H36N4O3/c1-6-26-25(27-15-19-10-12-21(13-11-19)29-24(31)17(2)3)28-16-23(30)20-8-7-9-22(14-20)32-18(4)5/h7-14,17-18,23,30H,6,15-16H2,1-5H3,(H,29,31)(H2,26,27,28). The predicted octanol–water partition coefficient (Wildman–Crippen LogP) is 3.86. The number of carbonyl (C=O) groups excluding carboxylic acids is 1. The van der Waals surface area contributed by atoms with Crippen LogP contribution in [0.25, 0.3) is 0 Å². The molecule has 1 atom stereocenters. The monoisotopic (exact) mass is 440 g/mol. The molecule has 0 aliphatic heterocycles. The van der Waals surface area contributed by atoms with Crippen LogP contribution in [0, 0.1) is 5.92 Å². The van der Waals surface area contributed by atoms with Crippen LogP contribution in [-0.4, -0.2) is 36.2 Å². The van der Waals surface area contributed by atoms with Gasteiger partial charge in [-0.1, -0.05) is 38.1 Å². The first-order chi connectivity index (χ1) is 15.3. The van der Waals surface area contributed by atoms with E-state index in [2.05, 4.69) is 20.9 Å². The number of hydrogen-bond donors (Lipinski definition) is 4. The molecule has 0 aromatic heterocycles. The van der Waals surface area contributed by atoms with Crippen molar-refractivity contribution < 1.29 is 14.6 Å². The van der Waals surface area contributed by atoms with Crippen LogP contribution in [0.3, 0.4) is 0 Å². The number of nitrogens with zero attached hydrogens (tertiary/aromatic N) is 1. The van der Waals surface area contributed by atoms with Crippen LogP contribution < -0.4 is 20.7 Å².